The molecule has 0 saturated carbocycles. The van der Waals surface area contributed by atoms with Gasteiger partial charge in [0.15, 0.2) is 0 Å². The van der Waals surface area contributed by atoms with Crippen LogP contribution < -0.4 is 5.32 Å². The second kappa shape index (κ2) is 8.85. The van der Waals surface area contributed by atoms with Crippen LogP contribution >= 0.6 is 0 Å². The van der Waals surface area contributed by atoms with E-state index in [9.17, 15) is 9.59 Å². The maximum Gasteiger partial charge on any atom is 0.335 e. The Kier molecular flexibility index (Phi) is 6.82. The summed E-state index contributed by atoms with van der Waals surface area (Å²) in [5, 5.41) is 20.9. The summed E-state index contributed by atoms with van der Waals surface area (Å²) in [5.74, 6) is -1.52. The summed E-state index contributed by atoms with van der Waals surface area (Å²) in [5.41, 5.74) is 0.465. The minimum Gasteiger partial charge on any atom is -0.478 e. The van der Waals surface area contributed by atoms with E-state index >= 15 is 0 Å². The van der Waals surface area contributed by atoms with Gasteiger partial charge in [-0.2, -0.15) is 5.26 Å². The topological polar surface area (TPSA) is 93.4 Å². The number of amides is 1. The minimum absolute atomic E-state index is 0.102. The Bertz CT molecular complexity index is 677. The predicted molar refractivity (Wildman–Crippen MR) is 87.7 cm³/mol. The fourth-order valence-electron chi connectivity index (χ4n) is 1.76. The predicted octanol–water partition coefficient (Wildman–Crippen LogP) is 2.40. The number of carbonyl (C=O) groups excluding carboxylic acids is 1. The molecule has 0 atom stereocenters. The molecule has 0 aliphatic carbocycles. The van der Waals surface area contributed by atoms with Crippen molar-refractivity contribution in [2.24, 2.45) is 0 Å². The number of hydrogen-bond acceptors (Lipinski definition) is 4. The van der Waals surface area contributed by atoms with Crippen molar-refractivity contribution < 1.29 is 14.7 Å². The van der Waals surface area contributed by atoms with Gasteiger partial charge in [0, 0.05) is 25.0 Å². The molecule has 0 spiro atoms. The Labute approximate surface area is 134 Å². The van der Waals surface area contributed by atoms with Crippen molar-refractivity contribution in [2.75, 3.05) is 18.4 Å². The largest absolute Gasteiger partial charge is 0.478 e. The normalized spacial score (nSPS) is 10.3. The fraction of sp³-hybridized carbons (Fsp3) is 0.118. The Hall–Kier alpha value is -3.33. The van der Waals surface area contributed by atoms with Crippen molar-refractivity contribution in [1.29, 1.82) is 5.26 Å². The molecule has 6 nitrogen and oxygen atoms in total. The van der Waals surface area contributed by atoms with Gasteiger partial charge in [0.05, 0.1) is 5.56 Å². The molecule has 118 valence electrons. The number of carboxylic acids is 1. The zero-order chi connectivity index (χ0) is 17.2. The summed E-state index contributed by atoms with van der Waals surface area (Å²) in [6, 6.07) is 7.88. The number of aromatic carboxylic acids is 1. The molecule has 0 bridgehead atoms. The van der Waals surface area contributed by atoms with E-state index in [0.29, 0.717) is 18.8 Å². The van der Waals surface area contributed by atoms with E-state index in [1.165, 1.54) is 23.2 Å². The Morgan fingerprint density at radius 3 is 2.48 bits per heavy atom. The molecule has 0 heterocycles. The lowest BCUT2D eigenvalue weighted by Crippen LogP contribution is -2.32. The zero-order valence-corrected chi connectivity index (χ0v) is 12.5. The lowest BCUT2D eigenvalue weighted by molar-refractivity contribution is -0.125. The Morgan fingerprint density at radius 2 is 1.96 bits per heavy atom. The molecule has 1 aromatic rings. The third kappa shape index (κ3) is 5.17. The van der Waals surface area contributed by atoms with Crippen molar-refractivity contribution in [1.82, 2.24) is 4.90 Å². The monoisotopic (exact) mass is 311 g/mol. The van der Waals surface area contributed by atoms with Gasteiger partial charge in [-0.25, -0.2) is 4.79 Å². The van der Waals surface area contributed by atoms with Gasteiger partial charge in [-0.05, 0) is 18.2 Å². The maximum absolute atomic E-state index is 12.3. The summed E-state index contributed by atoms with van der Waals surface area (Å²) in [6.45, 7) is 7.72. The highest BCUT2D eigenvalue weighted by Gasteiger charge is 2.16. The number of nitriles is 1. The molecule has 2 N–H and O–H groups in total. The van der Waals surface area contributed by atoms with Crippen LogP contribution in [-0.4, -0.2) is 35.0 Å². The average Bonchev–Trinajstić information content (AvgIpc) is 2.55. The molecule has 1 amide bonds. The van der Waals surface area contributed by atoms with Crippen LogP contribution in [0, 0.1) is 11.3 Å². The van der Waals surface area contributed by atoms with Gasteiger partial charge in [-0.1, -0.05) is 18.2 Å². The maximum atomic E-state index is 12.3. The van der Waals surface area contributed by atoms with Crippen molar-refractivity contribution in [3.05, 3.63) is 66.9 Å². The summed E-state index contributed by atoms with van der Waals surface area (Å²) in [7, 11) is 0. The van der Waals surface area contributed by atoms with E-state index in [1.54, 1.807) is 24.3 Å². The van der Waals surface area contributed by atoms with Crippen LogP contribution in [-0.2, 0) is 4.79 Å². The van der Waals surface area contributed by atoms with Crippen LogP contribution in [0.15, 0.2) is 61.3 Å². The molecule has 0 fully saturated rings. The summed E-state index contributed by atoms with van der Waals surface area (Å²) in [4.78, 5) is 24.6. The van der Waals surface area contributed by atoms with E-state index in [-0.39, 0.29) is 11.1 Å². The average molecular weight is 311 g/mol. The lowest BCUT2D eigenvalue weighted by atomic mass is 10.2. The van der Waals surface area contributed by atoms with Crippen LogP contribution in [0.4, 0.5) is 5.69 Å². The molecule has 0 unspecified atom stereocenters. The number of nitrogens with one attached hydrogen (secondary N) is 1. The van der Waals surface area contributed by atoms with Crippen LogP contribution in [0.5, 0.6) is 0 Å². The van der Waals surface area contributed by atoms with Crippen molar-refractivity contribution in [3.8, 4) is 6.07 Å². The zero-order valence-electron chi connectivity index (χ0n) is 12.5. The highest BCUT2D eigenvalue weighted by atomic mass is 16.4. The van der Waals surface area contributed by atoms with Crippen LogP contribution in [0.2, 0.25) is 0 Å². The molecule has 23 heavy (non-hydrogen) atoms. The van der Waals surface area contributed by atoms with Crippen LogP contribution in [0.3, 0.4) is 0 Å². The van der Waals surface area contributed by atoms with Gasteiger partial charge in [-0.15, -0.1) is 13.2 Å². The molecule has 0 radical (unpaired) electrons. The number of rotatable bonds is 8. The third-order valence-electron chi connectivity index (χ3n) is 2.83. The van der Waals surface area contributed by atoms with Gasteiger partial charge in [0.1, 0.15) is 11.6 Å². The highest BCUT2D eigenvalue weighted by molar-refractivity contribution is 5.97. The summed E-state index contributed by atoms with van der Waals surface area (Å²) >= 11 is 0. The number of hydrogen-bond donors (Lipinski definition) is 2. The standard InChI is InChI=1S/C17H17N3O3/c1-3-8-20(9-4-2)16(21)14(11-18)12-19-15-7-5-6-13(10-15)17(22)23/h3-7,10,12,19H,1-2,8-9H2,(H,22,23)/b14-12-. The minimum atomic E-state index is -1.06. The first-order valence-electron chi connectivity index (χ1n) is 6.74. The number of anilines is 1. The van der Waals surface area contributed by atoms with E-state index in [2.05, 4.69) is 18.5 Å². The number of benzene rings is 1. The summed E-state index contributed by atoms with van der Waals surface area (Å²) < 4.78 is 0. The Balaban J connectivity index is 2.94. The van der Waals surface area contributed by atoms with Crippen LogP contribution in [0.1, 0.15) is 10.4 Å². The highest BCUT2D eigenvalue weighted by Crippen LogP contribution is 2.12. The van der Waals surface area contributed by atoms with Gasteiger partial charge < -0.3 is 15.3 Å². The van der Waals surface area contributed by atoms with E-state index < -0.39 is 11.9 Å². The first-order valence-corrected chi connectivity index (χ1v) is 6.74. The quantitative estimate of drug-likeness (QED) is 0.437. The number of carboxylic acid groups (broad SMARTS) is 1. The molecule has 0 aliphatic heterocycles. The lowest BCUT2D eigenvalue weighted by Gasteiger charge is -2.18. The molecular formula is C17H17N3O3. The summed E-state index contributed by atoms with van der Waals surface area (Å²) in [6.07, 6.45) is 4.36. The van der Waals surface area contributed by atoms with Gasteiger partial charge in [0.25, 0.3) is 5.91 Å². The van der Waals surface area contributed by atoms with E-state index in [1.807, 2.05) is 6.07 Å². The Morgan fingerprint density at radius 1 is 1.30 bits per heavy atom. The van der Waals surface area contributed by atoms with Gasteiger partial charge in [-0.3, -0.25) is 4.79 Å². The molecule has 1 rings (SSSR count). The second-order valence-electron chi connectivity index (χ2n) is 4.49. The molecule has 6 heteroatoms. The van der Waals surface area contributed by atoms with Gasteiger partial charge in [0.2, 0.25) is 0 Å². The SMILES string of the molecule is C=CCN(CC=C)C(=O)/C(C#N)=C\Nc1cccc(C(=O)O)c1. The molecular weight excluding hydrogens is 294 g/mol. The van der Waals surface area contributed by atoms with Crippen molar-refractivity contribution >= 4 is 17.6 Å². The smallest absolute Gasteiger partial charge is 0.335 e. The van der Waals surface area contributed by atoms with Crippen molar-refractivity contribution in [3.63, 3.8) is 0 Å². The van der Waals surface area contributed by atoms with E-state index in [0.717, 1.165) is 0 Å². The van der Waals surface area contributed by atoms with E-state index in [4.69, 9.17) is 10.4 Å². The van der Waals surface area contributed by atoms with Crippen LogP contribution in [0.25, 0.3) is 0 Å². The number of carbonyl (C=O) groups is 2. The van der Waals surface area contributed by atoms with Gasteiger partial charge >= 0.3 is 5.97 Å². The third-order valence-corrected chi connectivity index (χ3v) is 2.83. The molecule has 0 aromatic heterocycles. The second-order valence-corrected chi connectivity index (χ2v) is 4.49. The fourth-order valence-corrected chi connectivity index (χ4v) is 1.76. The first-order chi connectivity index (χ1) is 11.0. The molecule has 1 aromatic carbocycles. The molecule has 0 aliphatic rings. The molecule has 0 saturated heterocycles. The van der Waals surface area contributed by atoms with Crippen molar-refractivity contribution in [2.45, 2.75) is 0 Å². The first kappa shape index (κ1) is 17.7. The number of nitrogens with zero attached hydrogens (tertiary/aromatic N) is 2.